The summed E-state index contributed by atoms with van der Waals surface area (Å²) in [5.41, 5.74) is -1.43. The number of anilines is 1. The van der Waals surface area contributed by atoms with Crippen molar-refractivity contribution in [1.82, 2.24) is 9.78 Å². The summed E-state index contributed by atoms with van der Waals surface area (Å²) in [7, 11) is 0. The molecule has 1 heterocycles. The van der Waals surface area contributed by atoms with E-state index >= 15 is 0 Å². The van der Waals surface area contributed by atoms with E-state index in [0.717, 1.165) is 16.8 Å². The number of aromatic nitrogens is 2. The monoisotopic (exact) mass is 433 g/mol. The molecular weight excluding hydrogens is 421 g/mol. The van der Waals surface area contributed by atoms with Crippen molar-refractivity contribution in [2.24, 2.45) is 0 Å². The summed E-state index contributed by atoms with van der Waals surface area (Å²) in [5, 5.41) is 4.91. The van der Waals surface area contributed by atoms with E-state index < -0.39 is 47.1 Å². The Hall–Kier alpha value is -2.88. The lowest BCUT2D eigenvalue weighted by Gasteiger charge is -2.17. The van der Waals surface area contributed by atoms with E-state index in [0.29, 0.717) is 12.5 Å². The van der Waals surface area contributed by atoms with Gasteiger partial charge in [-0.1, -0.05) is 18.2 Å². The number of rotatable bonds is 5. The quantitative estimate of drug-likeness (QED) is 0.553. The highest BCUT2D eigenvalue weighted by atomic mass is 35.5. The van der Waals surface area contributed by atoms with Gasteiger partial charge in [0.1, 0.15) is 0 Å². The molecule has 1 aliphatic rings. The minimum Gasteiger partial charge on any atom is -0.467 e. The molecular formula is C18H13ClF5N3O2. The fraction of sp³-hybridized carbons (Fsp3) is 0.222. The second kappa shape index (κ2) is 8.24. The molecule has 0 fully saturated rings. The first kappa shape index (κ1) is 20.8. The van der Waals surface area contributed by atoms with Crippen LogP contribution in [0.4, 0.5) is 27.6 Å². The Labute approximate surface area is 166 Å². The van der Waals surface area contributed by atoms with Crippen LogP contribution in [0.5, 0.6) is 5.88 Å². The first-order chi connectivity index (χ1) is 13.7. The van der Waals surface area contributed by atoms with Gasteiger partial charge in [0.2, 0.25) is 5.88 Å². The molecule has 11 heteroatoms. The third-order valence-electron chi connectivity index (χ3n) is 3.86. The summed E-state index contributed by atoms with van der Waals surface area (Å²) < 4.78 is 72.0. The van der Waals surface area contributed by atoms with Gasteiger partial charge >= 0.3 is 6.18 Å². The van der Waals surface area contributed by atoms with Crippen LogP contribution in [-0.4, -0.2) is 27.7 Å². The smallest absolute Gasteiger partial charge is 0.435 e. The van der Waals surface area contributed by atoms with Crippen molar-refractivity contribution in [3.8, 4) is 5.88 Å². The van der Waals surface area contributed by atoms with Gasteiger partial charge in [-0.2, -0.15) is 18.3 Å². The number of hydrogen-bond acceptors (Lipinski definition) is 3. The number of hydrogen-bond donors (Lipinski definition) is 1. The number of amides is 1. The molecule has 1 aliphatic carbocycles. The van der Waals surface area contributed by atoms with E-state index in [1.165, 1.54) is 12.1 Å². The van der Waals surface area contributed by atoms with Gasteiger partial charge in [-0.25, -0.2) is 13.5 Å². The molecule has 154 valence electrons. The van der Waals surface area contributed by atoms with Gasteiger partial charge in [0.25, 0.3) is 5.91 Å². The first-order valence-electron chi connectivity index (χ1n) is 8.22. The Morgan fingerprint density at radius 3 is 2.79 bits per heavy atom. The molecule has 1 aromatic carbocycles. The maximum absolute atomic E-state index is 13.6. The lowest BCUT2D eigenvalue weighted by Crippen LogP contribution is -2.22. The van der Waals surface area contributed by atoms with Crippen molar-refractivity contribution < 1.29 is 31.5 Å². The van der Waals surface area contributed by atoms with E-state index in [1.54, 1.807) is 12.2 Å². The summed E-state index contributed by atoms with van der Waals surface area (Å²) >= 11 is 6.14. The highest BCUT2D eigenvalue weighted by Gasteiger charge is 2.36. The first-order valence-corrected chi connectivity index (χ1v) is 8.65. The zero-order valence-corrected chi connectivity index (χ0v) is 15.3. The predicted octanol–water partition coefficient (Wildman–Crippen LogP) is 4.61. The van der Waals surface area contributed by atoms with Crippen LogP contribution in [0.1, 0.15) is 12.1 Å². The molecule has 2 aromatic rings. The van der Waals surface area contributed by atoms with Gasteiger partial charge in [0, 0.05) is 6.07 Å². The van der Waals surface area contributed by atoms with Gasteiger partial charge in [0.05, 0.1) is 16.8 Å². The molecule has 1 aromatic heterocycles. The predicted molar refractivity (Wildman–Crippen MR) is 95.4 cm³/mol. The SMILES string of the molecule is O=C(COc1cc(C(F)(F)F)nn1C1=CC=CCC1Cl)Nc1cccc(F)c1F. The van der Waals surface area contributed by atoms with Crippen molar-refractivity contribution in [3.63, 3.8) is 0 Å². The van der Waals surface area contributed by atoms with Crippen LogP contribution in [0.25, 0.3) is 5.70 Å². The zero-order valence-electron chi connectivity index (χ0n) is 14.5. The largest absolute Gasteiger partial charge is 0.467 e. The molecule has 0 radical (unpaired) electrons. The van der Waals surface area contributed by atoms with E-state index in [4.69, 9.17) is 16.3 Å². The van der Waals surface area contributed by atoms with E-state index in [9.17, 15) is 26.7 Å². The van der Waals surface area contributed by atoms with Crippen molar-refractivity contribution >= 4 is 28.9 Å². The van der Waals surface area contributed by atoms with Crippen LogP contribution < -0.4 is 10.1 Å². The third-order valence-corrected chi connectivity index (χ3v) is 4.26. The van der Waals surface area contributed by atoms with Crippen molar-refractivity contribution in [2.45, 2.75) is 18.0 Å². The van der Waals surface area contributed by atoms with Crippen molar-refractivity contribution in [1.29, 1.82) is 0 Å². The molecule has 5 nitrogen and oxygen atoms in total. The molecule has 0 saturated carbocycles. The molecule has 1 atom stereocenters. The highest BCUT2D eigenvalue weighted by Crippen LogP contribution is 2.34. The molecule has 1 N–H and O–H groups in total. The third kappa shape index (κ3) is 4.76. The molecule has 0 aliphatic heterocycles. The van der Waals surface area contributed by atoms with Crippen molar-refractivity contribution in [2.75, 3.05) is 11.9 Å². The number of carbonyl (C=O) groups excluding carboxylic acids is 1. The summed E-state index contributed by atoms with van der Waals surface area (Å²) in [6.07, 6.45) is 0.434. The summed E-state index contributed by atoms with van der Waals surface area (Å²) in [6.45, 7) is -0.769. The van der Waals surface area contributed by atoms with Gasteiger partial charge in [-0.3, -0.25) is 4.79 Å². The zero-order chi connectivity index (χ0) is 21.2. The number of allylic oxidation sites excluding steroid dienone is 4. The van der Waals surface area contributed by atoms with Gasteiger partial charge in [0.15, 0.2) is 23.9 Å². The van der Waals surface area contributed by atoms with Crippen LogP contribution in [0.3, 0.4) is 0 Å². The molecule has 3 rings (SSSR count). The highest BCUT2D eigenvalue weighted by molar-refractivity contribution is 6.25. The number of nitrogens with zero attached hydrogens (tertiary/aromatic N) is 2. The summed E-state index contributed by atoms with van der Waals surface area (Å²) in [6, 6.07) is 3.80. The minimum atomic E-state index is -4.75. The standard InChI is InChI=1S/C18H13ClF5N3O2/c19-10-4-1-2-7-13(10)27-16(8-14(26-27)18(22,23)24)29-9-15(28)25-12-6-3-5-11(20)17(12)21/h1-3,5-8,10H,4,9H2,(H,25,28). The number of carbonyl (C=O) groups is 1. The van der Waals surface area contributed by atoms with Crippen LogP contribution >= 0.6 is 11.6 Å². The fourth-order valence-electron chi connectivity index (χ4n) is 2.51. The topological polar surface area (TPSA) is 56.1 Å². The number of benzene rings is 1. The van der Waals surface area contributed by atoms with Gasteiger partial charge in [-0.15, -0.1) is 11.6 Å². The molecule has 0 spiro atoms. The van der Waals surface area contributed by atoms with E-state index in [-0.39, 0.29) is 11.6 Å². The Kier molecular flexibility index (Phi) is 5.92. The van der Waals surface area contributed by atoms with Gasteiger partial charge in [-0.05, 0) is 24.6 Å². The molecule has 0 saturated heterocycles. The van der Waals surface area contributed by atoms with E-state index in [1.807, 2.05) is 0 Å². The second-order valence-corrected chi connectivity index (χ2v) is 6.47. The average molecular weight is 434 g/mol. The molecule has 1 amide bonds. The lowest BCUT2D eigenvalue weighted by molar-refractivity contribution is -0.141. The minimum absolute atomic E-state index is 0.233. The van der Waals surface area contributed by atoms with E-state index in [2.05, 4.69) is 10.4 Å². The molecule has 1 unspecified atom stereocenters. The van der Waals surface area contributed by atoms with Crippen molar-refractivity contribution in [3.05, 3.63) is 59.8 Å². The normalized spacial score (nSPS) is 16.5. The Morgan fingerprint density at radius 1 is 1.34 bits per heavy atom. The lowest BCUT2D eigenvalue weighted by atomic mass is 10.1. The summed E-state index contributed by atoms with van der Waals surface area (Å²) in [5.74, 6) is -3.72. The average Bonchev–Trinajstić information content (AvgIpc) is 3.09. The Bertz CT molecular complexity index is 984. The number of ether oxygens (including phenoxy) is 1. The van der Waals surface area contributed by atoms with Crippen LogP contribution in [0.15, 0.2) is 42.5 Å². The molecule has 0 bridgehead atoms. The Morgan fingerprint density at radius 2 is 2.10 bits per heavy atom. The van der Waals surface area contributed by atoms with Gasteiger partial charge < -0.3 is 10.1 Å². The van der Waals surface area contributed by atoms with Crippen LogP contribution in [-0.2, 0) is 11.0 Å². The maximum Gasteiger partial charge on any atom is 0.435 e. The maximum atomic E-state index is 13.6. The van der Waals surface area contributed by atoms with Crippen LogP contribution in [0.2, 0.25) is 0 Å². The van der Waals surface area contributed by atoms with Crippen LogP contribution in [0, 0.1) is 11.6 Å². The number of halogens is 6. The number of alkyl halides is 4. The fourth-order valence-corrected chi connectivity index (χ4v) is 2.78. The number of nitrogens with one attached hydrogen (secondary N) is 1. The molecule has 29 heavy (non-hydrogen) atoms. The summed E-state index contributed by atoms with van der Waals surface area (Å²) in [4.78, 5) is 12.0. The Balaban J connectivity index is 1.80. The second-order valence-electron chi connectivity index (χ2n) is 5.94.